The number of ether oxygens (including phenoxy) is 1. The van der Waals surface area contributed by atoms with Crippen LogP contribution in [-0.4, -0.2) is 19.0 Å². The predicted octanol–water partition coefficient (Wildman–Crippen LogP) is 5.53. The molecule has 1 heterocycles. The maximum Gasteiger partial charge on any atom is 0.350 e. The lowest BCUT2D eigenvalue weighted by atomic mass is 10.0. The standard InChI is InChI=1S/C24H19NO3S/c1-28-24(27)22-21(19-9-5-6-10-20(19)29-22)25-23(26)18-13-11-17(12-14-18)15-16-7-3-2-4-8-16/h2-14H,15H2,1H3,(H,25,26). The summed E-state index contributed by atoms with van der Waals surface area (Å²) in [5.74, 6) is -0.718. The maximum atomic E-state index is 12.8. The van der Waals surface area contributed by atoms with Crippen molar-refractivity contribution in [3.05, 3.63) is 100 Å². The van der Waals surface area contributed by atoms with Crippen LogP contribution in [0.15, 0.2) is 78.9 Å². The molecule has 29 heavy (non-hydrogen) atoms. The van der Waals surface area contributed by atoms with E-state index >= 15 is 0 Å². The van der Waals surface area contributed by atoms with Gasteiger partial charge in [-0.25, -0.2) is 4.79 Å². The fourth-order valence-electron chi connectivity index (χ4n) is 3.20. The molecule has 0 atom stereocenters. The molecule has 5 heteroatoms. The molecule has 3 aromatic carbocycles. The molecule has 0 radical (unpaired) electrons. The monoisotopic (exact) mass is 401 g/mol. The molecule has 1 N–H and O–H groups in total. The smallest absolute Gasteiger partial charge is 0.350 e. The highest BCUT2D eigenvalue weighted by Crippen LogP contribution is 2.36. The van der Waals surface area contributed by atoms with E-state index in [1.807, 2.05) is 54.6 Å². The summed E-state index contributed by atoms with van der Waals surface area (Å²) in [6.45, 7) is 0. The van der Waals surface area contributed by atoms with Crippen LogP contribution in [0.5, 0.6) is 0 Å². The molecular weight excluding hydrogens is 382 g/mol. The topological polar surface area (TPSA) is 55.4 Å². The molecule has 0 unspecified atom stereocenters. The lowest BCUT2D eigenvalue weighted by molar-refractivity contribution is 0.0607. The Kier molecular flexibility index (Phi) is 5.40. The van der Waals surface area contributed by atoms with Gasteiger partial charge in [0, 0.05) is 15.6 Å². The minimum absolute atomic E-state index is 0.259. The number of nitrogens with one attached hydrogen (secondary N) is 1. The summed E-state index contributed by atoms with van der Waals surface area (Å²) in [7, 11) is 1.34. The zero-order chi connectivity index (χ0) is 20.2. The number of esters is 1. The molecule has 0 aliphatic heterocycles. The van der Waals surface area contributed by atoms with Crippen LogP contribution in [-0.2, 0) is 11.2 Å². The van der Waals surface area contributed by atoms with Gasteiger partial charge in [0.1, 0.15) is 4.88 Å². The van der Waals surface area contributed by atoms with E-state index in [1.54, 1.807) is 12.1 Å². The fourth-order valence-corrected chi connectivity index (χ4v) is 4.27. The highest BCUT2D eigenvalue weighted by Gasteiger charge is 2.21. The van der Waals surface area contributed by atoms with Crippen LogP contribution in [0.4, 0.5) is 5.69 Å². The van der Waals surface area contributed by atoms with Gasteiger partial charge >= 0.3 is 5.97 Å². The number of benzene rings is 3. The highest BCUT2D eigenvalue weighted by molar-refractivity contribution is 7.21. The second kappa shape index (κ2) is 8.29. The Hall–Kier alpha value is -3.44. The first-order valence-electron chi connectivity index (χ1n) is 9.20. The quantitative estimate of drug-likeness (QED) is 0.447. The molecule has 0 spiro atoms. The average Bonchev–Trinajstić information content (AvgIpc) is 3.13. The molecule has 1 amide bonds. The summed E-state index contributed by atoms with van der Waals surface area (Å²) >= 11 is 1.31. The van der Waals surface area contributed by atoms with Crippen molar-refractivity contribution in [1.82, 2.24) is 0 Å². The number of carbonyl (C=O) groups excluding carboxylic acids is 2. The summed E-state index contributed by atoms with van der Waals surface area (Å²) in [4.78, 5) is 25.4. The molecule has 4 aromatic rings. The van der Waals surface area contributed by atoms with Crippen LogP contribution in [0.2, 0.25) is 0 Å². The van der Waals surface area contributed by atoms with Crippen LogP contribution >= 0.6 is 11.3 Å². The van der Waals surface area contributed by atoms with Crippen molar-refractivity contribution in [3.63, 3.8) is 0 Å². The molecule has 0 aliphatic carbocycles. The highest BCUT2D eigenvalue weighted by atomic mass is 32.1. The van der Waals surface area contributed by atoms with E-state index in [0.29, 0.717) is 16.1 Å². The first kappa shape index (κ1) is 18.9. The molecule has 0 fully saturated rings. The predicted molar refractivity (Wildman–Crippen MR) is 117 cm³/mol. The third-order valence-corrected chi connectivity index (χ3v) is 5.82. The third kappa shape index (κ3) is 4.05. The van der Waals surface area contributed by atoms with Crippen LogP contribution in [0, 0.1) is 0 Å². The summed E-state index contributed by atoms with van der Waals surface area (Å²) < 4.78 is 5.80. The van der Waals surface area contributed by atoms with Gasteiger partial charge in [-0.1, -0.05) is 60.7 Å². The maximum absolute atomic E-state index is 12.8. The number of carbonyl (C=O) groups is 2. The van der Waals surface area contributed by atoms with Gasteiger partial charge in [0.05, 0.1) is 12.8 Å². The fraction of sp³-hybridized carbons (Fsp3) is 0.0833. The SMILES string of the molecule is COC(=O)c1sc2ccccc2c1NC(=O)c1ccc(Cc2ccccc2)cc1. The molecule has 0 saturated heterocycles. The van der Waals surface area contributed by atoms with Crippen LogP contribution in [0.25, 0.3) is 10.1 Å². The van der Waals surface area contributed by atoms with Crippen molar-refractivity contribution >= 4 is 39.0 Å². The van der Waals surface area contributed by atoms with Crippen molar-refractivity contribution in [2.45, 2.75) is 6.42 Å². The molecule has 0 bridgehead atoms. The van der Waals surface area contributed by atoms with Crippen molar-refractivity contribution in [3.8, 4) is 0 Å². The average molecular weight is 401 g/mol. The first-order chi connectivity index (χ1) is 14.2. The van der Waals surface area contributed by atoms with E-state index in [9.17, 15) is 9.59 Å². The van der Waals surface area contributed by atoms with Gasteiger partial charge in [0.2, 0.25) is 0 Å². The van der Waals surface area contributed by atoms with E-state index in [1.165, 1.54) is 24.0 Å². The molecule has 4 rings (SSSR count). The Bertz CT molecular complexity index is 1160. The van der Waals surface area contributed by atoms with Gasteiger partial charge in [-0.3, -0.25) is 4.79 Å². The zero-order valence-electron chi connectivity index (χ0n) is 15.8. The minimum atomic E-state index is -0.459. The number of hydrogen-bond donors (Lipinski definition) is 1. The minimum Gasteiger partial charge on any atom is -0.465 e. The normalized spacial score (nSPS) is 10.7. The first-order valence-corrected chi connectivity index (χ1v) is 10.0. The number of hydrogen-bond acceptors (Lipinski definition) is 4. The van der Waals surface area contributed by atoms with Gasteiger partial charge in [-0.05, 0) is 35.7 Å². The van der Waals surface area contributed by atoms with Crippen molar-refractivity contribution in [2.75, 3.05) is 12.4 Å². The van der Waals surface area contributed by atoms with Gasteiger partial charge in [0.15, 0.2) is 0 Å². The largest absolute Gasteiger partial charge is 0.465 e. The number of amides is 1. The summed E-state index contributed by atoms with van der Waals surface area (Å²) in [6.07, 6.45) is 0.810. The number of rotatable bonds is 5. The Morgan fingerprint density at radius 2 is 1.52 bits per heavy atom. The van der Waals surface area contributed by atoms with E-state index in [0.717, 1.165) is 22.1 Å². The molecule has 1 aromatic heterocycles. The Morgan fingerprint density at radius 3 is 2.24 bits per heavy atom. The molecule has 0 aliphatic rings. The van der Waals surface area contributed by atoms with E-state index in [4.69, 9.17) is 4.74 Å². The van der Waals surface area contributed by atoms with Crippen molar-refractivity contribution in [2.24, 2.45) is 0 Å². The second-order valence-corrected chi connectivity index (χ2v) is 7.66. The van der Waals surface area contributed by atoms with E-state index < -0.39 is 5.97 Å². The Labute approximate surface area is 172 Å². The van der Waals surface area contributed by atoms with Gasteiger partial charge in [0.25, 0.3) is 5.91 Å². The van der Waals surface area contributed by atoms with Crippen LogP contribution in [0.1, 0.15) is 31.2 Å². The summed E-state index contributed by atoms with van der Waals surface area (Å²) in [5.41, 5.74) is 3.38. The van der Waals surface area contributed by atoms with Gasteiger partial charge in [-0.15, -0.1) is 11.3 Å². The summed E-state index contributed by atoms with van der Waals surface area (Å²) in [5, 5.41) is 3.73. The zero-order valence-corrected chi connectivity index (χ0v) is 16.7. The van der Waals surface area contributed by atoms with Gasteiger partial charge < -0.3 is 10.1 Å². The van der Waals surface area contributed by atoms with Gasteiger partial charge in [-0.2, -0.15) is 0 Å². The molecule has 4 nitrogen and oxygen atoms in total. The van der Waals surface area contributed by atoms with Crippen molar-refractivity contribution < 1.29 is 14.3 Å². The van der Waals surface area contributed by atoms with E-state index in [-0.39, 0.29) is 5.91 Å². The molecule has 144 valence electrons. The Balaban J connectivity index is 1.57. The summed E-state index contributed by atoms with van der Waals surface area (Å²) in [6, 6.07) is 25.3. The second-order valence-electron chi connectivity index (χ2n) is 6.61. The third-order valence-electron chi connectivity index (χ3n) is 4.67. The number of fused-ring (bicyclic) bond motifs is 1. The lowest BCUT2D eigenvalue weighted by Crippen LogP contribution is -2.14. The lowest BCUT2D eigenvalue weighted by Gasteiger charge is -2.08. The van der Waals surface area contributed by atoms with Crippen molar-refractivity contribution in [1.29, 1.82) is 0 Å². The van der Waals surface area contributed by atoms with Crippen LogP contribution < -0.4 is 5.32 Å². The molecular formula is C24H19NO3S. The van der Waals surface area contributed by atoms with Crippen LogP contribution in [0.3, 0.4) is 0 Å². The number of methoxy groups -OCH3 is 1. The Morgan fingerprint density at radius 1 is 0.862 bits per heavy atom. The molecule has 0 saturated carbocycles. The van der Waals surface area contributed by atoms with E-state index in [2.05, 4.69) is 17.4 Å². The number of thiophene rings is 1. The number of anilines is 1.